The van der Waals surface area contributed by atoms with Crippen molar-refractivity contribution in [2.45, 2.75) is 12.8 Å². The average molecular weight is 388 g/mol. The van der Waals surface area contributed by atoms with Gasteiger partial charge in [-0.25, -0.2) is 9.78 Å². The van der Waals surface area contributed by atoms with Crippen molar-refractivity contribution in [1.82, 2.24) is 20.2 Å². The number of para-hydroxylation sites is 1. The third-order valence-electron chi connectivity index (χ3n) is 4.09. The molecule has 0 unspecified atom stereocenters. The van der Waals surface area contributed by atoms with Gasteiger partial charge in [0, 0.05) is 5.39 Å². The molecular weight excluding hydrogens is 377 g/mol. The van der Waals surface area contributed by atoms with E-state index in [2.05, 4.69) is 20.2 Å². The van der Waals surface area contributed by atoms with E-state index in [0.717, 1.165) is 18.2 Å². The van der Waals surface area contributed by atoms with Gasteiger partial charge in [-0.05, 0) is 24.3 Å². The van der Waals surface area contributed by atoms with Gasteiger partial charge in [0.25, 0.3) is 5.56 Å². The molecule has 2 heterocycles. The molecule has 0 spiro atoms. The Bertz CT molecular complexity index is 1260. The summed E-state index contributed by atoms with van der Waals surface area (Å²) >= 11 is 0. The standard InChI is InChI=1S/C18H11F3N4O3/c19-18(20,21)9-5-6-11-13(7-9)22-14(23-16(11)26)8-28-17(27)15-10-3-1-2-4-12(10)24-25-15/h1-7H,8H2,(H,24,25)(H,22,23,26). The number of ether oxygens (including phenoxy) is 1. The zero-order valence-electron chi connectivity index (χ0n) is 14.0. The molecule has 0 aliphatic rings. The molecule has 0 amide bonds. The number of aromatic nitrogens is 4. The van der Waals surface area contributed by atoms with Crippen molar-refractivity contribution in [2.24, 2.45) is 0 Å². The molecule has 142 valence electrons. The molecule has 10 heteroatoms. The molecule has 0 atom stereocenters. The Morgan fingerprint density at radius 2 is 1.89 bits per heavy atom. The summed E-state index contributed by atoms with van der Waals surface area (Å²) in [5, 5.41) is 7.15. The number of rotatable bonds is 3. The Kier molecular flexibility index (Phi) is 4.10. The van der Waals surface area contributed by atoms with Crippen LogP contribution in [0.15, 0.2) is 47.3 Å². The molecule has 0 aliphatic carbocycles. The maximum absolute atomic E-state index is 12.9. The normalized spacial score (nSPS) is 11.8. The molecule has 0 fully saturated rings. The fourth-order valence-corrected chi connectivity index (χ4v) is 2.75. The van der Waals surface area contributed by atoms with E-state index >= 15 is 0 Å². The quantitative estimate of drug-likeness (QED) is 0.525. The molecule has 2 aromatic carbocycles. The van der Waals surface area contributed by atoms with Crippen molar-refractivity contribution in [3.8, 4) is 0 Å². The molecule has 2 aromatic heterocycles. The van der Waals surface area contributed by atoms with Gasteiger partial charge >= 0.3 is 12.1 Å². The molecule has 7 nitrogen and oxygen atoms in total. The Hall–Kier alpha value is -3.69. The zero-order chi connectivity index (χ0) is 19.9. The SMILES string of the molecule is O=C(OCc1nc2cc(C(F)(F)F)ccc2c(=O)[nH]1)c1n[nH]c2ccccc12. The van der Waals surface area contributed by atoms with E-state index in [1.165, 1.54) is 0 Å². The molecule has 4 aromatic rings. The Balaban J connectivity index is 1.61. The first-order valence-electron chi connectivity index (χ1n) is 8.03. The van der Waals surface area contributed by atoms with E-state index in [1.807, 2.05) is 0 Å². The fraction of sp³-hybridized carbons (Fsp3) is 0.111. The predicted molar refractivity (Wildman–Crippen MR) is 92.6 cm³/mol. The van der Waals surface area contributed by atoms with Crippen molar-refractivity contribution in [3.05, 3.63) is 69.9 Å². The first kappa shape index (κ1) is 17.7. The molecule has 0 radical (unpaired) electrons. The van der Waals surface area contributed by atoms with Crippen LogP contribution in [0.5, 0.6) is 0 Å². The Morgan fingerprint density at radius 1 is 1.11 bits per heavy atom. The number of hydrogen-bond acceptors (Lipinski definition) is 5. The molecule has 0 aliphatic heterocycles. The lowest BCUT2D eigenvalue weighted by Gasteiger charge is -2.08. The number of benzene rings is 2. The first-order valence-corrected chi connectivity index (χ1v) is 8.03. The molecule has 0 bridgehead atoms. The lowest BCUT2D eigenvalue weighted by atomic mass is 10.1. The van der Waals surface area contributed by atoms with Crippen LogP contribution in [0, 0.1) is 0 Å². The highest BCUT2D eigenvalue weighted by Gasteiger charge is 2.30. The summed E-state index contributed by atoms with van der Waals surface area (Å²) in [5.74, 6) is -0.839. The van der Waals surface area contributed by atoms with Crippen molar-refractivity contribution in [3.63, 3.8) is 0 Å². The van der Waals surface area contributed by atoms with Crippen molar-refractivity contribution in [1.29, 1.82) is 0 Å². The molecule has 4 rings (SSSR count). The maximum Gasteiger partial charge on any atom is 0.416 e. The highest BCUT2D eigenvalue weighted by atomic mass is 19.4. The zero-order valence-corrected chi connectivity index (χ0v) is 14.0. The molecule has 0 saturated heterocycles. The van der Waals surface area contributed by atoms with Gasteiger partial charge in [0.05, 0.1) is 22.0 Å². The number of alkyl halides is 3. The van der Waals surface area contributed by atoms with Gasteiger partial charge in [-0.3, -0.25) is 9.89 Å². The van der Waals surface area contributed by atoms with Crippen LogP contribution < -0.4 is 5.56 Å². The topological polar surface area (TPSA) is 101 Å². The van der Waals surface area contributed by atoms with Crippen molar-refractivity contribution in [2.75, 3.05) is 0 Å². The number of carbonyl (C=O) groups excluding carboxylic acids is 1. The number of nitrogens with zero attached hydrogens (tertiary/aromatic N) is 2. The van der Waals surface area contributed by atoms with Gasteiger partial charge in [-0.1, -0.05) is 18.2 Å². The molecule has 2 N–H and O–H groups in total. The Morgan fingerprint density at radius 3 is 2.68 bits per heavy atom. The smallest absolute Gasteiger partial charge is 0.416 e. The summed E-state index contributed by atoms with van der Waals surface area (Å²) < 4.78 is 43.7. The van der Waals surface area contributed by atoms with Gasteiger partial charge in [-0.15, -0.1) is 0 Å². The van der Waals surface area contributed by atoms with Crippen LogP contribution in [0.1, 0.15) is 21.9 Å². The maximum atomic E-state index is 12.9. The third-order valence-corrected chi connectivity index (χ3v) is 4.09. The summed E-state index contributed by atoms with van der Waals surface area (Å²) in [6.07, 6.45) is -4.56. The van der Waals surface area contributed by atoms with E-state index in [-0.39, 0.29) is 22.4 Å². The highest BCUT2D eigenvalue weighted by molar-refractivity contribution is 6.01. The van der Waals surface area contributed by atoms with E-state index in [0.29, 0.717) is 10.9 Å². The summed E-state index contributed by atoms with van der Waals surface area (Å²) in [7, 11) is 0. The van der Waals surface area contributed by atoms with Gasteiger partial charge in [0.15, 0.2) is 5.69 Å². The van der Waals surface area contributed by atoms with E-state index in [4.69, 9.17) is 4.74 Å². The number of halogens is 3. The van der Waals surface area contributed by atoms with Gasteiger partial charge in [0.1, 0.15) is 12.4 Å². The van der Waals surface area contributed by atoms with Crippen LogP contribution in [0.2, 0.25) is 0 Å². The van der Waals surface area contributed by atoms with Gasteiger partial charge in [-0.2, -0.15) is 18.3 Å². The van der Waals surface area contributed by atoms with Crippen LogP contribution in [0.25, 0.3) is 21.8 Å². The van der Waals surface area contributed by atoms with Crippen LogP contribution >= 0.6 is 0 Å². The second kappa shape index (κ2) is 6.48. The summed E-state index contributed by atoms with van der Waals surface area (Å²) in [4.78, 5) is 30.7. The predicted octanol–water partition coefficient (Wildman–Crippen LogP) is 3.18. The lowest BCUT2D eigenvalue weighted by Crippen LogP contribution is -2.15. The minimum Gasteiger partial charge on any atom is -0.453 e. The second-order valence-electron chi connectivity index (χ2n) is 5.94. The molecule has 0 saturated carbocycles. The van der Waals surface area contributed by atoms with Gasteiger partial charge < -0.3 is 9.72 Å². The number of fused-ring (bicyclic) bond motifs is 2. The van der Waals surface area contributed by atoms with E-state index in [1.54, 1.807) is 24.3 Å². The molecular formula is C18H11F3N4O3. The van der Waals surface area contributed by atoms with Gasteiger partial charge in [0.2, 0.25) is 0 Å². The monoisotopic (exact) mass is 388 g/mol. The summed E-state index contributed by atoms with van der Waals surface area (Å²) in [6, 6.07) is 9.56. The van der Waals surface area contributed by atoms with Crippen LogP contribution in [0.4, 0.5) is 13.2 Å². The van der Waals surface area contributed by atoms with Crippen LogP contribution in [-0.2, 0) is 17.5 Å². The number of esters is 1. The number of nitrogens with one attached hydrogen (secondary N) is 2. The summed E-state index contributed by atoms with van der Waals surface area (Å²) in [6.45, 7) is -0.429. The van der Waals surface area contributed by atoms with E-state index < -0.39 is 29.9 Å². The molecule has 28 heavy (non-hydrogen) atoms. The highest BCUT2D eigenvalue weighted by Crippen LogP contribution is 2.30. The largest absolute Gasteiger partial charge is 0.453 e. The summed E-state index contributed by atoms with van der Waals surface area (Å²) in [5.41, 5.74) is -1.00. The minimum atomic E-state index is -4.56. The minimum absolute atomic E-state index is 0.00127. The van der Waals surface area contributed by atoms with Crippen LogP contribution in [0.3, 0.4) is 0 Å². The lowest BCUT2D eigenvalue weighted by molar-refractivity contribution is -0.137. The first-order chi connectivity index (χ1) is 13.3. The van der Waals surface area contributed by atoms with Crippen molar-refractivity contribution >= 4 is 27.8 Å². The number of H-pyrrole nitrogens is 2. The third kappa shape index (κ3) is 3.20. The second-order valence-corrected chi connectivity index (χ2v) is 5.94. The number of aromatic amines is 2. The average Bonchev–Trinajstić information content (AvgIpc) is 3.09. The van der Waals surface area contributed by atoms with Crippen molar-refractivity contribution < 1.29 is 22.7 Å². The number of hydrogen-bond donors (Lipinski definition) is 2. The fourth-order valence-electron chi connectivity index (χ4n) is 2.75. The van der Waals surface area contributed by atoms with Crippen LogP contribution in [-0.4, -0.2) is 26.1 Å². The number of carbonyl (C=O) groups is 1. The van der Waals surface area contributed by atoms with E-state index in [9.17, 15) is 22.8 Å². The Labute approximate surface area is 154 Å².